The number of rotatable bonds is 20. The predicted molar refractivity (Wildman–Crippen MR) is 251 cm³/mol. The van der Waals surface area contributed by atoms with Gasteiger partial charge in [0.15, 0.2) is 18.9 Å². The van der Waals surface area contributed by atoms with Gasteiger partial charge in [-0.25, -0.2) is 13.1 Å². The first-order valence-corrected chi connectivity index (χ1v) is 24.4. The number of fused-ring (bicyclic) bond motifs is 1. The van der Waals surface area contributed by atoms with E-state index in [0.29, 0.717) is 0 Å². The van der Waals surface area contributed by atoms with Crippen molar-refractivity contribution < 1.29 is 55.8 Å². The largest absolute Gasteiger partial charge is 0.374 e. The van der Waals surface area contributed by atoms with Crippen molar-refractivity contribution in [2.45, 2.75) is 99.0 Å². The van der Waals surface area contributed by atoms with E-state index < -0.39 is 77.7 Å². The molecular formula is C54H57NO12S. The molecule has 13 nitrogen and oxygen atoms in total. The summed E-state index contributed by atoms with van der Waals surface area (Å²) in [4.78, 5) is 0.0451. The molecule has 9 rings (SSSR count). The molecule has 3 fully saturated rings. The standard InChI is InChI=1S/C54H57NO12S/c1-58-54-51(62-35-41-26-14-5-15-27-41)50(48-45(65-54)37-63-52(66-48)42-28-16-6-17-29-42)67-53-46(55-68(56,57)43-30-18-7-19-31-43)49(61-34-40-24-12-4-13-25-40)47(60-33-39-22-10-3-11-23-39)44(64-53)36-59-32-38-20-8-2-9-21-38/h2-31,44-55H,32-37H2,1H3/t44-,45-,46-,47-,48-,49-,50+,51-,52?,53+,54-/m1/s1. The van der Waals surface area contributed by atoms with Crippen molar-refractivity contribution in [3.63, 3.8) is 0 Å². The lowest BCUT2D eigenvalue weighted by Crippen LogP contribution is -2.69. The van der Waals surface area contributed by atoms with Gasteiger partial charge < -0.3 is 47.4 Å². The Hall–Kier alpha value is -5.17. The van der Waals surface area contributed by atoms with E-state index in [0.717, 1.165) is 27.8 Å². The minimum atomic E-state index is -4.26. The average Bonchev–Trinajstić information content (AvgIpc) is 3.39. The van der Waals surface area contributed by atoms with Crippen molar-refractivity contribution in [1.29, 1.82) is 0 Å². The third-order valence-electron chi connectivity index (χ3n) is 12.1. The summed E-state index contributed by atoms with van der Waals surface area (Å²) in [5.74, 6) is 0. The summed E-state index contributed by atoms with van der Waals surface area (Å²) in [7, 11) is -2.73. The van der Waals surface area contributed by atoms with E-state index >= 15 is 0 Å². The molecule has 1 unspecified atom stereocenters. The molecule has 0 radical (unpaired) electrons. The van der Waals surface area contributed by atoms with Crippen LogP contribution in [0.3, 0.4) is 0 Å². The average molecular weight is 944 g/mol. The summed E-state index contributed by atoms with van der Waals surface area (Å²) in [6, 6.07) is 55.5. The fourth-order valence-corrected chi connectivity index (χ4v) is 9.95. The van der Waals surface area contributed by atoms with Crippen molar-refractivity contribution in [1.82, 2.24) is 4.72 Å². The molecule has 356 valence electrons. The van der Waals surface area contributed by atoms with Crippen molar-refractivity contribution in [3.8, 4) is 0 Å². The smallest absolute Gasteiger partial charge is 0.241 e. The molecule has 6 aromatic carbocycles. The number of ether oxygens (including phenoxy) is 10. The maximum atomic E-state index is 14.7. The van der Waals surface area contributed by atoms with Crippen LogP contribution in [-0.2, 0) is 83.8 Å². The van der Waals surface area contributed by atoms with Gasteiger partial charge in [-0.05, 0) is 34.4 Å². The third kappa shape index (κ3) is 12.2. The number of hydrogen-bond donors (Lipinski definition) is 1. The Morgan fingerprint density at radius 1 is 0.529 bits per heavy atom. The minimum Gasteiger partial charge on any atom is -0.374 e. The van der Waals surface area contributed by atoms with Gasteiger partial charge in [0.1, 0.15) is 48.8 Å². The van der Waals surface area contributed by atoms with Gasteiger partial charge in [0.05, 0.1) is 44.5 Å². The molecule has 0 aliphatic carbocycles. The molecule has 3 saturated heterocycles. The Kier molecular flexibility index (Phi) is 16.5. The molecule has 3 aliphatic rings. The summed E-state index contributed by atoms with van der Waals surface area (Å²) in [5, 5.41) is 0. The van der Waals surface area contributed by atoms with Crippen LogP contribution in [0.1, 0.15) is 34.1 Å². The molecule has 0 bridgehead atoms. The zero-order valence-electron chi connectivity index (χ0n) is 37.7. The highest BCUT2D eigenvalue weighted by atomic mass is 32.2. The van der Waals surface area contributed by atoms with E-state index in [1.807, 2.05) is 152 Å². The summed E-state index contributed by atoms with van der Waals surface area (Å²) < 4.78 is 99.2. The van der Waals surface area contributed by atoms with Gasteiger partial charge in [-0.1, -0.05) is 170 Å². The predicted octanol–water partition coefficient (Wildman–Crippen LogP) is 7.90. The maximum absolute atomic E-state index is 14.7. The summed E-state index contributed by atoms with van der Waals surface area (Å²) in [6.07, 6.45) is -9.27. The highest BCUT2D eigenvalue weighted by molar-refractivity contribution is 7.89. The topological polar surface area (TPSA) is 138 Å². The maximum Gasteiger partial charge on any atom is 0.241 e. The molecule has 3 heterocycles. The van der Waals surface area contributed by atoms with Gasteiger partial charge in [-0.3, -0.25) is 0 Å². The Balaban J connectivity index is 1.13. The number of sulfonamides is 1. The fourth-order valence-electron chi connectivity index (χ4n) is 8.70. The van der Waals surface area contributed by atoms with Gasteiger partial charge in [0.2, 0.25) is 10.0 Å². The first-order valence-electron chi connectivity index (χ1n) is 22.9. The van der Waals surface area contributed by atoms with Gasteiger partial charge >= 0.3 is 0 Å². The van der Waals surface area contributed by atoms with Crippen LogP contribution in [0.15, 0.2) is 187 Å². The Morgan fingerprint density at radius 3 is 1.56 bits per heavy atom. The van der Waals surface area contributed by atoms with Crippen molar-refractivity contribution in [3.05, 3.63) is 210 Å². The summed E-state index contributed by atoms with van der Waals surface area (Å²) >= 11 is 0. The molecule has 0 aromatic heterocycles. The highest BCUT2D eigenvalue weighted by Gasteiger charge is 2.56. The molecule has 1 N–H and O–H groups in total. The van der Waals surface area contributed by atoms with Gasteiger partial charge in [0, 0.05) is 12.7 Å². The zero-order valence-corrected chi connectivity index (χ0v) is 38.5. The second kappa shape index (κ2) is 23.4. The van der Waals surface area contributed by atoms with Crippen molar-refractivity contribution in [2.75, 3.05) is 20.3 Å². The van der Waals surface area contributed by atoms with Crippen LogP contribution in [-0.4, -0.2) is 90.1 Å². The lowest BCUT2D eigenvalue weighted by molar-refractivity contribution is -0.390. The first kappa shape index (κ1) is 47.9. The zero-order chi connectivity index (χ0) is 46.5. The molecule has 3 aliphatic heterocycles. The lowest BCUT2D eigenvalue weighted by Gasteiger charge is -2.51. The quantitative estimate of drug-likeness (QED) is 0.0797. The Bertz CT molecular complexity index is 2510. The van der Waals surface area contributed by atoms with Crippen LogP contribution in [0.4, 0.5) is 0 Å². The molecule has 0 saturated carbocycles. The lowest BCUT2D eigenvalue weighted by atomic mass is 9.94. The van der Waals surface area contributed by atoms with Crippen LogP contribution in [0.5, 0.6) is 0 Å². The molecule has 68 heavy (non-hydrogen) atoms. The van der Waals surface area contributed by atoms with E-state index in [1.165, 1.54) is 19.2 Å². The molecule has 0 amide bonds. The Labute approximate surface area is 398 Å². The van der Waals surface area contributed by atoms with Crippen LogP contribution in [0, 0.1) is 0 Å². The second-order valence-corrected chi connectivity index (χ2v) is 18.6. The summed E-state index contributed by atoms with van der Waals surface area (Å²) in [5.41, 5.74) is 4.44. The number of benzene rings is 6. The molecular weight excluding hydrogens is 887 g/mol. The van der Waals surface area contributed by atoms with E-state index in [9.17, 15) is 8.42 Å². The van der Waals surface area contributed by atoms with Crippen LogP contribution < -0.4 is 4.72 Å². The second-order valence-electron chi connectivity index (χ2n) is 16.8. The normalized spacial score (nSPS) is 27.3. The first-order chi connectivity index (χ1) is 33.4. The van der Waals surface area contributed by atoms with Crippen LogP contribution >= 0.6 is 0 Å². The monoisotopic (exact) mass is 943 g/mol. The molecule has 14 heteroatoms. The van der Waals surface area contributed by atoms with E-state index in [4.69, 9.17) is 47.4 Å². The van der Waals surface area contributed by atoms with Gasteiger partial charge in [-0.15, -0.1) is 0 Å². The molecule has 11 atom stereocenters. The fraction of sp³-hybridized carbons (Fsp3) is 0.333. The molecule has 6 aromatic rings. The number of hydrogen-bond acceptors (Lipinski definition) is 12. The summed E-state index contributed by atoms with van der Waals surface area (Å²) in [6.45, 7) is 0.906. The van der Waals surface area contributed by atoms with Gasteiger partial charge in [0.25, 0.3) is 0 Å². The van der Waals surface area contributed by atoms with Crippen LogP contribution in [0.2, 0.25) is 0 Å². The number of methoxy groups -OCH3 is 1. The third-order valence-corrected chi connectivity index (χ3v) is 13.6. The van der Waals surface area contributed by atoms with Crippen molar-refractivity contribution in [2.24, 2.45) is 0 Å². The van der Waals surface area contributed by atoms with Crippen molar-refractivity contribution >= 4 is 10.0 Å². The minimum absolute atomic E-state index is 0.0342. The highest BCUT2D eigenvalue weighted by Crippen LogP contribution is 2.39. The molecule has 0 spiro atoms. The van der Waals surface area contributed by atoms with Gasteiger partial charge in [-0.2, -0.15) is 0 Å². The van der Waals surface area contributed by atoms with E-state index in [1.54, 1.807) is 18.2 Å². The SMILES string of the molecule is CO[C@@H]1O[C@@H]2COC(c3ccccc3)O[C@H]2[C@H](O[C@@H]2O[C@H](COCc3ccccc3)[C@@H](OCc3ccccc3)[C@H](OCc3ccccc3)[C@H]2NS(=O)(=O)c2ccccc2)[C@H]1OCc1ccccc1. The Morgan fingerprint density at radius 2 is 1.01 bits per heavy atom. The van der Waals surface area contributed by atoms with Crippen LogP contribution in [0.25, 0.3) is 0 Å². The van der Waals surface area contributed by atoms with E-state index in [-0.39, 0.29) is 44.5 Å². The van der Waals surface area contributed by atoms with E-state index in [2.05, 4.69) is 4.72 Å². The number of nitrogens with one attached hydrogen (secondary N) is 1.